The van der Waals surface area contributed by atoms with Gasteiger partial charge in [0.25, 0.3) is 0 Å². The van der Waals surface area contributed by atoms with Gasteiger partial charge < -0.3 is 10.6 Å². The van der Waals surface area contributed by atoms with Crippen LogP contribution in [-0.2, 0) is 18.0 Å². The van der Waals surface area contributed by atoms with Crippen LogP contribution in [0.4, 0.5) is 17.6 Å². The number of aromatic nitrogens is 1. The van der Waals surface area contributed by atoms with Gasteiger partial charge in [0.05, 0.1) is 5.01 Å². The van der Waals surface area contributed by atoms with E-state index in [1.54, 1.807) is 19.2 Å². The average molecular weight is 400 g/mol. The summed E-state index contributed by atoms with van der Waals surface area (Å²) in [4.78, 5) is 7.75. The summed E-state index contributed by atoms with van der Waals surface area (Å²) < 4.78 is 50.8. The lowest BCUT2D eigenvalue weighted by molar-refractivity contribution is -0.140. The monoisotopic (exact) mass is 400 g/mol. The van der Waals surface area contributed by atoms with E-state index < -0.39 is 11.9 Å². The quantitative estimate of drug-likeness (QED) is 0.441. The van der Waals surface area contributed by atoms with Crippen LogP contribution in [0.2, 0.25) is 0 Å². The maximum Gasteiger partial charge on any atom is 0.434 e. The number of halogens is 4. The van der Waals surface area contributed by atoms with E-state index in [1.807, 2.05) is 0 Å². The molecule has 0 radical (unpaired) electrons. The molecular formula is C18H20F4N4S. The Kier molecular flexibility index (Phi) is 5.69. The number of alkyl halides is 3. The first-order valence-electron chi connectivity index (χ1n) is 8.55. The van der Waals surface area contributed by atoms with Crippen LogP contribution in [-0.4, -0.2) is 31.1 Å². The van der Waals surface area contributed by atoms with Crippen molar-refractivity contribution in [3.63, 3.8) is 0 Å². The Hall–Kier alpha value is -2.16. The summed E-state index contributed by atoms with van der Waals surface area (Å²) in [5.41, 5.74) is 0.233. The van der Waals surface area contributed by atoms with Gasteiger partial charge in [0.2, 0.25) is 0 Å². The van der Waals surface area contributed by atoms with Crippen LogP contribution in [0.1, 0.15) is 29.1 Å². The van der Waals surface area contributed by atoms with Gasteiger partial charge in [-0.2, -0.15) is 13.2 Å². The van der Waals surface area contributed by atoms with E-state index in [4.69, 9.17) is 0 Å². The number of hydrogen-bond donors (Lipinski definition) is 2. The Morgan fingerprint density at radius 3 is 2.48 bits per heavy atom. The molecule has 1 aliphatic carbocycles. The molecule has 0 atom stereocenters. The molecule has 3 rings (SSSR count). The van der Waals surface area contributed by atoms with Crippen LogP contribution in [0.15, 0.2) is 34.6 Å². The fraction of sp³-hybridized carbons (Fsp3) is 0.444. The second-order valence-electron chi connectivity index (χ2n) is 6.51. The molecule has 0 saturated heterocycles. The predicted molar refractivity (Wildman–Crippen MR) is 97.5 cm³/mol. The van der Waals surface area contributed by atoms with Crippen molar-refractivity contribution in [2.24, 2.45) is 4.99 Å². The fourth-order valence-corrected chi connectivity index (χ4v) is 3.64. The summed E-state index contributed by atoms with van der Waals surface area (Å²) in [6, 6.07) is 6.54. The van der Waals surface area contributed by atoms with Crippen molar-refractivity contribution >= 4 is 17.3 Å². The molecule has 27 heavy (non-hydrogen) atoms. The Balaban J connectivity index is 1.47. The van der Waals surface area contributed by atoms with Crippen LogP contribution < -0.4 is 10.6 Å². The van der Waals surface area contributed by atoms with Crippen molar-refractivity contribution in [3.8, 4) is 0 Å². The van der Waals surface area contributed by atoms with Gasteiger partial charge in [-0.15, -0.1) is 11.3 Å². The molecule has 0 aliphatic heterocycles. The van der Waals surface area contributed by atoms with Gasteiger partial charge in [-0.3, -0.25) is 4.99 Å². The lowest BCUT2D eigenvalue weighted by Gasteiger charge is -2.19. The van der Waals surface area contributed by atoms with Crippen molar-refractivity contribution in [1.29, 1.82) is 0 Å². The molecular weight excluding hydrogens is 380 g/mol. The second kappa shape index (κ2) is 7.84. The molecule has 2 aromatic rings. The van der Waals surface area contributed by atoms with Crippen LogP contribution in [0, 0.1) is 5.82 Å². The highest BCUT2D eigenvalue weighted by atomic mass is 32.1. The molecule has 1 saturated carbocycles. The summed E-state index contributed by atoms with van der Waals surface area (Å²) in [5.74, 6) is 0.326. The highest BCUT2D eigenvalue weighted by molar-refractivity contribution is 7.09. The zero-order chi connectivity index (χ0) is 19.5. The average Bonchev–Trinajstić information content (AvgIpc) is 3.25. The first-order chi connectivity index (χ1) is 12.8. The zero-order valence-corrected chi connectivity index (χ0v) is 15.6. The highest BCUT2D eigenvalue weighted by Crippen LogP contribution is 2.47. The number of benzene rings is 1. The SMILES string of the molecule is CN=C(NCCc1nc(C(F)(F)F)cs1)NCC1(c2ccc(F)cc2)CC1. The number of thiazole rings is 1. The number of nitrogens with zero attached hydrogens (tertiary/aromatic N) is 2. The Bertz CT molecular complexity index is 794. The first kappa shape index (κ1) is 19.6. The molecule has 1 aromatic heterocycles. The van der Waals surface area contributed by atoms with E-state index in [-0.39, 0.29) is 11.2 Å². The smallest absolute Gasteiger partial charge is 0.356 e. The molecule has 9 heteroatoms. The van der Waals surface area contributed by atoms with E-state index >= 15 is 0 Å². The fourth-order valence-electron chi connectivity index (χ4n) is 2.84. The Morgan fingerprint density at radius 1 is 1.22 bits per heavy atom. The van der Waals surface area contributed by atoms with Crippen LogP contribution in [0.3, 0.4) is 0 Å². The molecule has 1 fully saturated rings. The lowest BCUT2D eigenvalue weighted by atomic mass is 9.96. The standard InChI is InChI=1S/C18H20F4N4S/c1-23-16(24-9-6-15-26-14(10-27-15)18(20,21)22)25-11-17(7-8-17)12-2-4-13(19)5-3-12/h2-5,10H,6-9,11H2,1H3,(H2,23,24,25). The van der Waals surface area contributed by atoms with E-state index in [1.165, 1.54) is 12.1 Å². The third-order valence-corrected chi connectivity index (χ3v) is 5.51. The van der Waals surface area contributed by atoms with Crippen molar-refractivity contribution in [2.75, 3.05) is 20.1 Å². The third kappa shape index (κ3) is 4.97. The summed E-state index contributed by atoms with van der Waals surface area (Å²) in [5, 5.41) is 7.80. The van der Waals surface area contributed by atoms with Crippen molar-refractivity contribution < 1.29 is 17.6 Å². The number of guanidine groups is 1. The van der Waals surface area contributed by atoms with E-state index in [0.29, 0.717) is 30.5 Å². The summed E-state index contributed by atoms with van der Waals surface area (Å²) in [6.07, 6.45) is -1.99. The molecule has 2 N–H and O–H groups in total. The minimum atomic E-state index is -4.40. The van der Waals surface area contributed by atoms with E-state index in [2.05, 4.69) is 20.6 Å². The van der Waals surface area contributed by atoms with Crippen molar-refractivity contribution in [3.05, 3.63) is 51.7 Å². The third-order valence-electron chi connectivity index (χ3n) is 4.60. The molecule has 0 unspecified atom stereocenters. The van der Waals surface area contributed by atoms with Gasteiger partial charge in [0, 0.05) is 37.4 Å². The summed E-state index contributed by atoms with van der Waals surface area (Å²) >= 11 is 1.000. The van der Waals surface area contributed by atoms with Gasteiger partial charge in [-0.25, -0.2) is 9.37 Å². The van der Waals surface area contributed by atoms with Gasteiger partial charge in [-0.05, 0) is 30.5 Å². The highest BCUT2D eigenvalue weighted by Gasteiger charge is 2.44. The Labute approximate surface area is 158 Å². The van der Waals surface area contributed by atoms with Gasteiger partial charge >= 0.3 is 6.18 Å². The van der Waals surface area contributed by atoms with Crippen LogP contribution in [0.5, 0.6) is 0 Å². The largest absolute Gasteiger partial charge is 0.434 e. The molecule has 0 bridgehead atoms. The van der Waals surface area contributed by atoms with Gasteiger partial charge in [-0.1, -0.05) is 12.1 Å². The maximum atomic E-state index is 13.1. The van der Waals surface area contributed by atoms with Crippen molar-refractivity contribution in [1.82, 2.24) is 15.6 Å². The van der Waals surface area contributed by atoms with E-state index in [0.717, 1.165) is 35.1 Å². The molecule has 0 amide bonds. The lowest BCUT2D eigenvalue weighted by Crippen LogP contribution is -2.42. The molecule has 1 heterocycles. The Morgan fingerprint density at radius 2 is 1.93 bits per heavy atom. The maximum absolute atomic E-state index is 13.1. The number of hydrogen-bond acceptors (Lipinski definition) is 3. The second-order valence-corrected chi connectivity index (χ2v) is 7.46. The molecule has 4 nitrogen and oxygen atoms in total. The summed E-state index contributed by atoms with van der Waals surface area (Å²) in [6.45, 7) is 1.09. The number of rotatable bonds is 6. The molecule has 1 aromatic carbocycles. The van der Waals surface area contributed by atoms with Crippen molar-refractivity contribution in [2.45, 2.75) is 30.9 Å². The zero-order valence-electron chi connectivity index (χ0n) is 14.7. The van der Waals surface area contributed by atoms with E-state index in [9.17, 15) is 17.6 Å². The molecule has 0 spiro atoms. The van der Waals surface area contributed by atoms with Crippen LogP contribution in [0.25, 0.3) is 0 Å². The van der Waals surface area contributed by atoms with Gasteiger partial charge in [0.15, 0.2) is 11.7 Å². The minimum Gasteiger partial charge on any atom is -0.356 e. The summed E-state index contributed by atoms with van der Waals surface area (Å²) in [7, 11) is 1.64. The molecule has 1 aliphatic rings. The number of aliphatic imine (C=N–C) groups is 1. The normalized spacial score (nSPS) is 16.3. The molecule has 146 valence electrons. The predicted octanol–water partition coefficient (Wildman–Crippen LogP) is 3.74. The minimum absolute atomic E-state index is 0.0117. The topological polar surface area (TPSA) is 49.3 Å². The van der Waals surface area contributed by atoms with Gasteiger partial charge in [0.1, 0.15) is 5.82 Å². The van der Waals surface area contributed by atoms with Crippen LogP contribution >= 0.6 is 11.3 Å². The first-order valence-corrected chi connectivity index (χ1v) is 9.42. The number of nitrogens with one attached hydrogen (secondary N) is 2.